The van der Waals surface area contributed by atoms with Crippen LogP contribution in [0.2, 0.25) is 5.02 Å². The number of halogens is 3. The second-order valence-corrected chi connectivity index (χ2v) is 6.79. The number of hydrogen-bond acceptors (Lipinski definition) is 4. The molecule has 0 saturated carbocycles. The van der Waals surface area contributed by atoms with Crippen LogP contribution in [0.15, 0.2) is 36.4 Å². The van der Waals surface area contributed by atoms with Crippen molar-refractivity contribution in [1.29, 1.82) is 0 Å². The predicted octanol–water partition coefficient (Wildman–Crippen LogP) is 5.13. The van der Waals surface area contributed by atoms with Gasteiger partial charge in [0.25, 0.3) is 0 Å². The van der Waals surface area contributed by atoms with Gasteiger partial charge in [-0.05, 0) is 42.3 Å². The highest BCUT2D eigenvalue weighted by Crippen LogP contribution is 2.30. The third-order valence-electron chi connectivity index (χ3n) is 3.42. The molecule has 0 bridgehead atoms. The fraction of sp³-hybridized carbons (Fsp3) is 0.278. The van der Waals surface area contributed by atoms with Crippen molar-refractivity contribution in [3.8, 4) is 11.5 Å². The summed E-state index contributed by atoms with van der Waals surface area (Å²) < 4.78 is 34.1. The topological polar surface area (TPSA) is 47.6 Å². The molecule has 4 nitrogen and oxygen atoms in total. The number of methoxy groups -OCH3 is 1. The van der Waals surface area contributed by atoms with Gasteiger partial charge in [-0.1, -0.05) is 23.7 Å². The van der Waals surface area contributed by atoms with Gasteiger partial charge in [0.2, 0.25) is 5.91 Å². The van der Waals surface area contributed by atoms with Crippen molar-refractivity contribution in [1.82, 2.24) is 0 Å². The lowest BCUT2D eigenvalue weighted by Crippen LogP contribution is -2.15. The molecule has 0 aromatic heterocycles. The Morgan fingerprint density at radius 2 is 2.00 bits per heavy atom. The van der Waals surface area contributed by atoms with Gasteiger partial charge in [-0.15, -0.1) is 11.8 Å². The average molecular weight is 402 g/mol. The minimum absolute atomic E-state index is 0.0228. The standard InChI is InChI=1S/C18H18ClF2NO3S/c1-11-3-5-13(19)8-14(11)22-17(23)10-26-9-12-4-6-15(25-18(20)21)16(7-12)24-2/h3-8,18H,9-10H2,1-2H3,(H,22,23). The van der Waals surface area contributed by atoms with Gasteiger partial charge < -0.3 is 14.8 Å². The lowest BCUT2D eigenvalue weighted by atomic mass is 10.2. The first-order valence-corrected chi connectivity index (χ1v) is 9.17. The molecule has 0 radical (unpaired) electrons. The number of benzene rings is 2. The molecule has 0 fully saturated rings. The normalized spacial score (nSPS) is 10.7. The summed E-state index contributed by atoms with van der Waals surface area (Å²) in [6.07, 6.45) is 0. The number of rotatable bonds is 8. The molecule has 0 heterocycles. The fourth-order valence-corrected chi connectivity index (χ4v) is 3.12. The summed E-state index contributed by atoms with van der Waals surface area (Å²) in [6, 6.07) is 9.99. The molecule has 2 rings (SSSR count). The van der Waals surface area contributed by atoms with Gasteiger partial charge in [0, 0.05) is 16.5 Å². The molecule has 0 aliphatic heterocycles. The Morgan fingerprint density at radius 3 is 2.69 bits per heavy atom. The maximum Gasteiger partial charge on any atom is 0.387 e. The number of amides is 1. The van der Waals surface area contributed by atoms with Crippen LogP contribution >= 0.6 is 23.4 Å². The zero-order valence-electron chi connectivity index (χ0n) is 14.2. The van der Waals surface area contributed by atoms with Gasteiger partial charge in [0.1, 0.15) is 0 Å². The summed E-state index contributed by atoms with van der Waals surface area (Å²) in [5, 5.41) is 3.37. The van der Waals surface area contributed by atoms with Crippen LogP contribution in [0, 0.1) is 6.92 Å². The van der Waals surface area contributed by atoms with E-state index in [0.29, 0.717) is 16.5 Å². The monoisotopic (exact) mass is 401 g/mol. The van der Waals surface area contributed by atoms with E-state index in [1.165, 1.54) is 24.9 Å². The molecule has 0 aliphatic rings. The van der Waals surface area contributed by atoms with E-state index >= 15 is 0 Å². The highest BCUT2D eigenvalue weighted by Gasteiger charge is 2.12. The Bertz CT molecular complexity index is 774. The number of ether oxygens (including phenoxy) is 2. The molecule has 8 heteroatoms. The lowest BCUT2D eigenvalue weighted by Gasteiger charge is -2.11. The van der Waals surface area contributed by atoms with Crippen LogP contribution in [0.4, 0.5) is 14.5 Å². The minimum Gasteiger partial charge on any atom is -0.493 e. The SMILES string of the molecule is COc1cc(CSCC(=O)Nc2cc(Cl)ccc2C)ccc1OC(F)F. The van der Waals surface area contributed by atoms with Gasteiger partial charge in [-0.3, -0.25) is 4.79 Å². The molecule has 0 aliphatic carbocycles. The van der Waals surface area contributed by atoms with Gasteiger partial charge in [-0.2, -0.15) is 8.78 Å². The van der Waals surface area contributed by atoms with Gasteiger partial charge in [-0.25, -0.2) is 0 Å². The summed E-state index contributed by atoms with van der Waals surface area (Å²) in [5.74, 6) is 0.814. The molecule has 1 amide bonds. The molecule has 0 saturated heterocycles. The number of thioether (sulfide) groups is 1. The third-order valence-corrected chi connectivity index (χ3v) is 4.66. The van der Waals surface area contributed by atoms with E-state index in [1.54, 1.807) is 24.3 Å². The quantitative estimate of drug-likeness (QED) is 0.666. The molecule has 140 valence electrons. The second kappa shape index (κ2) is 9.64. The summed E-state index contributed by atoms with van der Waals surface area (Å²) in [4.78, 5) is 12.1. The largest absolute Gasteiger partial charge is 0.493 e. The number of anilines is 1. The van der Waals surface area contributed by atoms with Crippen LogP contribution < -0.4 is 14.8 Å². The van der Waals surface area contributed by atoms with E-state index < -0.39 is 6.61 Å². The number of nitrogens with one attached hydrogen (secondary N) is 1. The van der Waals surface area contributed by atoms with Crippen LogP contribution in [-0.4, -0.2) is 25.4 Å². The maximum absolute atomic E-state index is 12.3. The van der Waals surface area contributed by atoms with Crippen LogP contribution in [0.25, 0.3) is 0 Å². The van der Waals surface area contributed by atoms with E-state index in [2.05, 4.69) is 10.1 Å². The highest BCUT2D eigenvalue weighted by atomic mass is 35.5. The second-order valence-electron chi connectivity index (χ2n) is 5.36. The Labute approximate surface area is 159 Å². The molecule has 2 aromatic rings. The van der Waals surface area contributed by atoms with Crippen molar-refractivity contribution in [3.05, 3.63) is 52.5 Å². The highest BCUT2D eigenvalue weighted by molar-refractivity contribution is 7.99. The first-order valence-electron chi connectivity index (χ1n) is 7.64. The van der Waals surface area contributed by atoms with Crippen molar-refractivity contribution < 1.29 is 23.0 Å². The zero-order chi connectivity index (χ0) is 19.1. The molecule has 26 heavy (non-hydrogen) atoms. The van der Waals surface area contributed by atoms with Crippen LogP contribution in [0.1, 0.15) is 11.1 Å². The summed E-state index contributed by atoms with van der Waals surface area (Å²) in [5.41, 5.74) is 2.44. The van der Waals surface area contributed by atoms with Gasteiger partial charge in [0.05, 0.1) is 12.9 Å². The van der Waals surface area contributed by atoms with Crippen LogP contribution in [0.5, 0.6) is 11.5 Å². The molecular formula is C18H18ClF2NO3S. The average Bonchev–Trinajstić information content (AvgIpc) is 2.59. The number of carbonyl (C=O) groups excluding carboxylic acids is 1. The number of aryl methyl sites for hydroxylation is 1. The summed E-state index contributed by atoms with van der Waals surface area (Å²) in [7, 11) is 1.38. The van der Waals surface area contributed by atoms with Crippen molar-refractivity contribution in [2.24, 2.45) is 0 Å². The van der Waals surface area contributed by atoms with Gasteiger partial charge in [0.15, 0.2) is 11.5 Å². The van der Waals surface area contributed by atoms with E-state index in [1.807, 2.05) is 13.0 Å². The summed E-state index contributed by atoms with van der Waals surface area (Å²) in [6.45, 7) is -1.03. The molecule has 0 atom stereocenters. The number of carbonyl (C=O) groups is 1. The van der Waals surface area contributed by atoms with E-state index in [-0.39, 0.29) is 23.2 Å². The molecule has 0 unspecified atom stereocenters. The summed E-state index contributed by atoms with van der Waals surface area (Å²) >= 11 is 7.33. The number of hydrogen-bond donors (Lipinski definition) is 1. The van der Waals surface area contributed by atoms with Gasteiger partial charge >= 0.3 is 6.61 Å². The lowest BCUT2D eigenvalue weighted by molar-refractivity contribution is -0.113. The van der Waals surface area contributed by atoms with Crippen LogP contribution in [-0.2, 0) is 10.5 Å². The first kappa shape index (κ1) is 20.3. The fourth-order valence-electron chi connectivity index (χ4n) is 2.17. The van der Waals surface area contributed by atoms with Crippen molar-refractivity contribution >= 4 is 35.0 Å². The molecule has 2 aromatic carbocycles. The maximum atomic E-state index is 12.3. The van der Waals surface area contributed by atoms with Crippen molar-refractivity contribution in [2.75, 3.05) is 18.2 Å². The Hall–Kier alpha value is -1.99. The zero-order valence-corrected chi connectivity index (χ0v) is 15.8. The number of alkyl halides is 2. The van der Waals surface area contributed by atoms with Crippen molar-refractivity contribution in [3.63, 3.8) is 0 Å². The smallest absolute Gasteiger partial charge is 0.387 e. The Balaban J connectivity index is 1.88. The molecular weight excluding hydrogens is 384 g/mol. The van der Waals surface area contributed by atoms with E-state index in [9.17, 15) is 13.6 Å². The third kappa shape index (κ3) is 6.07. The molecule has 1 N–H and O–H groups in total. The van der Waals surface area contributed by atoms with E-state index in [0.717, 1.165) is 11.1 Å². The predicted molar refractivity (Wildman–Crippen MR) is 101 cm³/mol. The Morgan fingerprint density at radius 1 is 1.23 bits per heavy atom. The van der Waals surface area contributed by atoms with Crippen LogP contribution in [0.3, 0.4) is 0 Å². The van der Waals surface area contributed by atoms with E-state index in [4.69, 9.17) is 16.3 Å². The minimum atomic E-state index is -2.91. The first-order chi connectivity index (χ1) is 12.4. The van der Waals surface area contributed by atoms with Crippen molar-refractivity contribution in [2.45, 2.75) is 19.3 Å². The Kier molecular flexibility index (Phi) is 7.53. The molecule has 0 spiro atoms.